The number of fused-ring (bicyclic) bond motifs is 1. The van der Waals surface area contributed by atoms with Crippen LogP contribution in [-0.4, -0.2) is 38.3 Å². The maximum Gasteiger partial charge on any atom is 0.460 e. The van der Waals surface area contributed by atoms with Gasteiger partial charge in [-0.3, -0.25) is 0 Å². The van der Waals surface area contributed by atoms with Gasteiger partial charge in [-0.25, -0.2) is 0 Å². The summed E-state index contributed by atoms with van der Waals surface area (Å²) in [6.45, 7) is 2.57. The number of halogens is 9. The molecule has 0 fully saturated rings. The minimum atomic E-state index is -7.38. The van der Waals surface area contributed by atoms with Crippen LogP contribution in [0, 0.1) is 0 Å². The van der Waals surface area contributed by atoms with Crippen LogP contribution < -0.4 is 8.92 Å². The monoisotopic (exact) mass is 654 g/mol. The van der Waals surface area contributed by atoms with Gasteiger partial charge in [-0.1, -0.05) is 61.9 Å². The van der Waals surface area contributed by atoms with E-state index in [1.807, 2.05) is 49.4 Å². The first kappa shape index (κ1) is 33.5. The largest absolute Gasteiger partial charge is 0.494 e. The Morgan fingerprint density at radius 3 is 1.98 bits per heavy atom. The molecule has 0 spiro atoms. The third-order valence-corrected chi connectivity index (χ3v) is 8.74. The Morgan fingerprint density at radius 2 is 1.39 bits per heavy atom. The highest BCUT2D eigenvalue weighted by Crippen LogP contribution is 2.55. The van der Waals surface area contributed by atoms with Crippen LogP contribution in [0.2, 0.25) is 0 Å². The Bertz CT molecular complexity index is 1540. The number of benzene rings is 3. The fourth-order valence-corrected chi connectivity index (χ4v) is 6.03. The smallest absolute Gasteiger partial charge is 0.460 e. The SMILES string of the molecule is CCCCOc1ccc2c(c1)CC[C@H](c1ccccc1)C2c1ccc(OS(=O)(=O)C(F)(F)C(F)(F)C(F)(F)C(F)(F)F)cc1. The molecule has 14 heteroatoms. The zero-order valence-electron chi connectivity index (χ0n) is 23.1. The van der Waals surface area contributed by atoms with Gasteiger partial charge in [-0.2, -0.15) is 47.9 Å². The van der Waals surface area contributed by atoms with E-state index in [9.17, 15) is 47.9 Å². The van der Waals surface area contributed by atoms with Gasteiger partial charge in [0.2, 0.25) is 0 Å². The predicted octanol–water partition coefficient (Wildman–Crippen LogP) is 8.86. The van der Waals surface area contributed by atoms with E-state index in [0.29, 0.717) is 30.8 Å². The summed E-state index contributed by atoms with van der Waals surface area (Å²) >= 11 is 0. The normalized spacial score (nSPS) is 18.0. The fraction of sp³-hybridized carbons (Fsp3) is 0.400. The first-order chi connectivity index (χ1) is 20.4. The molecule has 0 N–H and O–H groups in total. The van der Waals surface area contributed by atoms with Gasteiger partial charge in [-0.05, 0) is 71.7 Å². The Hall–Kier alpha value is -3.42. The third kappa shape index (κ3) is 6.09. The molecule has 4 rings (SSSR count). The van der Waals surface area contributed by atoms with E-state index in [2.05, 4.69) is 4.18 Å². The summed E-state index contributed by atoms with van der Waals surface area (Å²) in [7, 11) is -7.05. The molecule has 0 radical (unpaired) electrons. The van der Waals surface area contributed by atoms with Crippen molar-refractivity contribution in [3.63, 3.8) is 0 Å². The molecule has 3 aromatic carbocycles. The Kier molecular flexibility index (Phi) is 9.26. The Morgan fingerprint density at radius 1 is 0.773 bits per heavy atom. The Labute approximate surface area is 247 Å². The van der Waals surface area contributed by atoms with Crippen molar-refractivity contribution in [2.75, 3.05) is 6.61 Å². The van der Waals surface area contributed by atoms with Gasteiger partial charge in [0.05, 0.1) is 6.61 Å². The lowest BCUT2D eigenvalue weighted by Crippen LogP contribution is -2.63. The van der Waals surface area contributed by atoms with Crippen LogP contribution in [0.3, 0.4) is 0 Å². The number of hydrogen-bond donors (Lipinski definition) is 0. The van der Waals surface area contributed by atoms with E-state index < -0.39 is 39.1 Å². The number of rotatable bonds is 11. The van der Waals surface area contributed by atoms with Gasteiger partial charge in [-0.15, -0.1) is 0 Å². The lowest BCUT2D eigenvalue weighted by molar-refractivity contribution is -0.382. The van der Waals surface area contributed by atoms with Gasteiger partial charge in [0, 0.05) is 5.92 Å². The van der Waals surface area contributed by atoms with Crippen molar-refractivity contribution >= 4 is 10.1 Å². The standard InChI is InChI=1S/C30H27F9O4S/c1-2-3-17-42-23-14-16-25-21(18-23)11-15-24(19-7-5-4-6-8-19)26(25)20-9-12-22(13-10-20)43-44(40,41)30(38,39)28(33,34)27(31,32)29(35,36)37/h4-10,12-14,16,18,24,26H,2-3,11,15,17H2,1H3/t24-,26?/m1/s1. The molecule has 0 saturated carbocycles. The highest BCUT2D eigenvalue weighted by Gasteiger charge is 2.86. The minimum absolute atomic E-state index is 0.0984. The molecule has 0 aromatic heterocycles. The van der Waals surface area contributed by atoms with Crippen molar-refractivity contribution in [1.29, 1.82) is 0 Å². The van der Waals surface area contributed by atoms with E-state index in [0.717, 1.165) is 41.7 Å². The lowest BCUT2D eigenvalue weighted by Gasteiger charge is -2.35. The molecule has 44 heavy (non-hydrogen) atoms. The second-order valence-electron chi connectivity index (χ2n) is 10.4. The molecule has 0 heterocycles. The number of unbranched alkanes of at least 4 members (excludes halogenated alkanes) is 1. The average Bonchev–Trinajstić information content (AvgIpc) is 2.96. The predicted molar refractivity (Wildman–Crippen MR) is 143 cm³/mol. The summed E-state index contributed by atoms with van der Waals surface area (Å²) in [5.41, 5.74) is 3.40. The van der Waals surface area contributed by atoms with Crippen LogP contribution in [0.5, 0.6) is 11.5 Å². The van der Waals surface area contributed by atoms with E-state index in [1.54, 1.807) is 6.07 Å². The van der Waals surface area contributed by atoms with Crippen molar-refractivity contribution < 1.29 is 56.9 Å². The van der Waals surface area contributed by atoms with Gasteiger partial charge >= 0.3 is 33.4 Å². The van der Waals surface area contributed by atoms with Crippen LogP contribution in [0.1, 0.15) is 60.3 Å². The maximum absolute atomic E-state index is 14.1. The zero-order valence-corrected chi connectivity index (χ0v) is 23.9. The van der Waals surface area contributed by atoms with Crippen molar-refractivity contribution in [2.24, 2.45) is 0 Å². The van der Waals surface area contributed by atoms with Gasteiger partial charge in [0.25, 0.3) is 0 Å². The molecule has 0 amide bonds. The minimum Gasteiger partial charge on any atom is -0.494 e. The zero-order chi connectivity index (χ0) is 32.6. The molecule has 4 nitrogen and oxygen atoms in total. The second kappa shape index (κ2) is 12.2. The lowest BCUT2D eigenvalue weighted by atomic mass is 9.69. The van der Waals surface area contributed by atoms with Crippen LogP contribution in [0.25, 0.3) is 0 Å². The summed E-state index contributed by atoms with van der Waals surface area (Å²) in [6, 6.07) is 19.2. The number of aryl methyl sites for hydroxylation is 1. The third-order valence-electron chi connectivity index (χ3n) is 7.45. The molecule has 0 aliphatic heterocycles. The molecule has 1 unspecified atom stereocenters. The van der Waals surface area contributed by atoms with Crippen LogP contribution in [-0.2, 0) is 16.5 Å². The molecule has 2 atom stereocenters. The molecule has 0 saturated heterocycles. The van der Waals surface area contributed by atoms with Gasteiger partial charge < -0.3 is 8.92 Å². The van der Waals surface area contributed by atoms with Crippen LogP contribution in [0.15, 0.2) is 72.8 Å². The first-order valence-corrected chi connectivity index (χ1v) is 14.9. The maximum atomic E-state index is 14.1. The van der Waals surface area contributed by atoms with Crippen molar-refractivity contribution in [3.05, 3.63) is 95.1 Å². The van der Waals surface area contributed by atoms with E-state index in [4.69, 9.17) is 4.74 Å². The van der Waals surface area contributed by atoms with E-state index in [-0.39, 0.29) is 11.8 Å². The summed E-state index contributed by atoms with van der Waals surface area (Å²) in [5, 5.41) is -6.95. The summed E-state index contributed by atoms with van der Waals surface area (Å²) < 4.78 is 153. The fourth-order valence-electron chi connectivity index (χ4n) is 5.12. The molecule has 1 aliphatic rings. The molecular weight excluding hydrogens is 627 g/mol. The molecule has 3 aromatic rings. The number of ether oxygens (including phenoxy) is 1. The topological polar surface area (TPSA) is 52.6 Å². The second-order valence-corrected chi connectivity index (χ2v) is 12.0. The van der Waals surface area contributed by atoms with E-state index in [1.165, 1.54) is 12.1 Å². The molecular formula is C30H27F9O4S. The van der Waals surface area contributed by atoms with Crippen molar-refractivity contribution in [2.45, 2.75) is 67.7 Å². The highest BCUT2D eigenvalue weighted by molar-refractivity contribution is 7.88. The summed E-state index contributed by atoms with van der Waals surface area (Å²) in [4.78, 5) is 0. The first-order valence-electron chi connectivity index (χ1n) is 13.5. The van der Waals surface area contributed by atoms with Crippen LogP contribution in [0.4, 0.5) is 39.5 Å². The number of alkyl halides is 9. The highest BCUT2D eigenvalue weighted by atomic mass is 32.2. The number of hydrogen-bond acceptors (Lipinski definition) is 4. The molecule has 0 bridgehead atoms. The van der Waals surface area contributed by atoms with Gasteiger partial charge in [0.1, 0.15) is 11.5 Å². The average molecular weight is 655 g/mol. The van der Waals surface area contributed by atoms with Crippen molar-refractivity contribution in [3.8, 4) is 11.5 Å². The molecule has 240 valence electrons. The summed E-state index contributed by atoms with van der Waals surface area (Å²) in [5.74, 6) is -15.5. The van der Waals surface area contributed by atoms with Crippen molar-refractivity contribution in [1.82, 2.24) is 0 Å². The van der Waals surface area contributed by atoms with Gasteiger partial charge in [0.15, 0.2) is 0 Å². The van der Waals surface area contributed by atoms with E-state index >= 15 is 0 Å². The Balaban J connectivity index is 1.66. The quantitative estimate of drug-likeness (QED) is 0.118. The van der Waals surface area contributed by atoms with Crippen LogP contribution >= 0.6 is 0 Å². The summed E-state index contributed by atoms with van der Waals surface area (Å²) in [6.07, 6.45) is -3.98. The molecule has 1 aliphatic carbocycles.